The van der Waals surface area contributed by atoms with E-state index in [2.05, 4.69) is 15.2 Å². The van der Waals surface area contributed by atoms with Gasteiger partial charge in [0, 0.05) is 24.2 Å². The van der Waals surface area contributed by atoms with Crippen molar-refractivity contribution in [2.75, 3.05) is 20.2 Å². The summed E-state index contributed by atoms with van der Waals surface area (Å²) in [6, 6.07) is 8.50. The number of fused-ring (bicyclic) bond motifs is 2. The minimum Gasteiger partial charge on any atom is -0.497 e. The van der Waals surface area contributed by atoms with Crippen molar-refractivity contribution in [1.82, 2.24) is 15.2 Å². The number of carbonyl (C=O) groups excluding carboxylic acids is 1. The van der Waals surface area contributed by atoms with Crippen LogP contribution in [0.25, 0.3) is 10.6 Å². The smallest absolute Gasteiger partial charge is 0.266 e. The number of rotatable bonds is 3. The van der Waals surface area contributed by atoms with Gasteiger partial charge in [-0.2, -0.15) is 0 Å². The summed E-state index contributed by atoms with van der Waals surface area (Å²) in [7, 11) is 1.65. The van der Waals surface area contributed by atoms with Crippen LogP contribution >= 0.6 is 11.3 Å². The van der Waals surface area contributed by atoms with Crippen LogP contribution in [0.15, 0.2) is 30.5 Å². The quantitative estimate of drug-likeness (QED) is 0.931. The van der Waals surface area contributed by atoms with Crippen molar-refractivity contribution in [2.24, 2.45) is 0 Å². The van der Waals surface area contributed by atoms with Gasteiger partial charge in [-0.25, -0.2) is 4.98 Å². The Morgan fingerprint density at radius 1 is 1.25 bits per heavy atom. The lowest BCUT2D eigenvalue weighted by atomic mass is 10.1. The van der Waals surface area contributed by atoms with E-state index in [1.165, 1.54) is 11.3 Å². The standard InChI is InChI=1S/C18H21N3O2S/c1-23-15-6-2-12(3-7-15)17-20-11-16(24-17)18(22)21-13-4-5-14(21)10-19-9-8-13/h2-3,6-7,11,13-14,19H,4-5,8-10H2,1H3. The minimum absolute atomic E-state index is 0.142. The number of hydrogen-bond donors (Lipinski definition) is 1. The van der Waals surface area contributed by atoms with Gasteiger partial charge in [0.2, 0.25) is 0 Å². The van der Waals surface area contributed by atoms with Crippen molar-refractivity contribution in [3.8, 4) is 16.3 Å². The highest BCUT2D eigenvalue weighted by Gasteiger charge is 2.38. The first-order valence-corrected chi connectivity index (χ1v) is 9.21. The first-order valence-electron chi connectivity index (χ1n) is 8.40. The Bertz CT molecular complexity index is 714. The second-order valence-electron chi connectivity index (χ2n) is 6.35. The summed E-state index contributed by atoms with van der Waals surface area (Å²) in [5, 5.41) is 4.32. The summed E-state index contributed by atoms with van der Waals surface area (Å²) in [6.07, 6.45) is 5.01. The Morgan fingerprint density at radius 2 is 2.04 bits per heavy atom. The molecule has 0 saturated carbocycles. The molecule has 2 unspecified atom stereocenters. The molecular formula is C18H21N3O2S. The molecule has 0 spiro atoms. The Labute approximate surface area is 145 Å². The molecule has 2 aliphatic rings. The molecule has 1 amide bonds. The van der Waals surface area contributed by atoms with Crippen LogP contribution in [0.3, 0.4) is 0 Å². The number of carbonyl (C=O) groups is 1. The maximum Gasteiger partial charge on any atom is 0.266 e. The molecule has 2 saturated heterocycles. The minimum atomic E-state index is 0.142. The second kappa shape index (κ2) is 6.53. The number of methoxy groups -OCH3 is 1. The fourth-order valence-electron chi connectivity index (χ4n) is 3.68. The average molecular weight is 343 g/mol. The van der Waals surface area contributed by atoms with E-state index < -0.39 is 0 Å². The van der Waals surface area contributed by atoms with Gasteiger partial charge in [-0.3, -0.25) is 4.79 Å². The van der Waals surface area contributed by atoms with Gasteiger partial charge in [-0.1, -0.05) is 0 Å². The van der Waals surface area contributed by atoms with Gasteiger partial charge in [-0.15, -0.1) is 11.3 Å². The monoisotopic (exact) mass is 343 g/mol. The van der Waals surface area contributed by atoms with Crippen LogP contribution in [0.5, 0.6) is 5.75 Å². The molecule has 2 aliphatic heterocycles. The van der Waals surface area contributed by atoms with E-state index in [0.717, 1.165) is 53.5 Å². The molecule has 1 aromatic carbocycles. The molecule has 1 aromatic heterocycles. The normalized spacial score (nSPS) is 23.1. The highest BCUT2D eigenvalue weighted by molar-refractivity contribution is 7.16. The van der Waals surface area contributed by atoms with Crippen molar-refractivity contribution < 1.29 is 9.53 Å². The van der Waals surface area contributed by atoms with Crippen LogP contribution in [0.2, 0.25) is 0 Å². The van der Waals surface area contributed by atoms with Crippen LogP contribution < -0.4 is 10.1 Å². The van der Waals surface area contributed by atoms with E-state index in [4.69, 9.17) is 4.74 Å². The van der Waals surface area contributed by atoms with Gasteiger partial charge in [-0.05, 0) is 50.1 Å². The molecule has 2 fully saturated rings. The summed E-state index contributed by atoms with van der Waals surface area (Å²) < 4.78 is 5.19. The first kappa shape index (κ1) is 15.6. The molecule has 0 radical (unpaired) electrons. The Hall–Kier alpha value is -1.92. The third-order valence-electron chi connectivity index (χ3n) is 4.94. The molecule has 24 heavy (non-hydrogen) atoms. The summed E-state index contributed by atoms with van der Waals surface area (Å²) >= 11 is 1.48. The van der Waals surface area contributed by atoms with Crippen molar-refractivity contribution >= 4 is 17.2 Å². The zero-order chi connectivity index (χ0) is 16.5. The molecule has 6 heteroatoms. The van der Waals surface area contributed by atoms with E-state index >= 15 is 0 Å². The van der Waals surface area contributed by atoms with Crippen LogP contribution in [0, 0.1) is 0 Å². The fraction of sp³-hybridized carbons (Fsp3) is 0.444. The summed E-state index contributed by atoms with van der Waals surface area (Å²) in [5.74, 6) is 0.962. The third kappa shape index (κ3) is 2.80. The number of ether oxygens (including phenoxy) is 1. The molecule has 126 valence electrons. The number of nitrogens with zero attached hydrogens (tertiary/aromatic N) is 2. The Morgan fingerprint density at radius 3 is 2.83 bits per heavy atom. The van der Waals surface area contributed by atoms with Crippen LogP contribution in [0.4, 0.5) is 0 Å². The van der Waals surface area contributed by atoms with Crippen molar-refractivity contribution in [1.29, 1.82) is 0 Å². The van der Waals surface area contributed by atoms with Crippen molar-refractivity contribution in [3.05, 3.63) is 35.3 Å². The molecule has 0 aliphatic carbocycles. The topological polar surface area (TPSA) is 54.5 Å². The van der Waals surface area contributed by atoms with Gasteiger partial charge < -0.3 is 15.0 Å². The van der Waals surface area contributed by atoms with Crippen molar-refractivity contribution in [3.63, 3.8) is 0 Å². The Balaban J connectivity index is 1.56. The number of thiazole rings is 1. The molecule has 4 rings (SSSR count). The Kier molecular flexibility index (Phi) is 4.24. The number of nitrogens with one attached hydrogen (secondary N) is 1. The average Bonchev–Trinajstić information content (AvgIpc) is 3.18. The van der Waals surface area contributed by atoms with Gasteiger partial charge in [0.05, 0.1) is 13.3 Å². The summed E-state index contributed by atoms with van der Waals surface area (Å²) in [6.45, 7) is 1.91. The van der Waals surface area contributed by atoms with Crippen LogP contribution in [-0.2, 0) is 0 Å². The van der Waals surface area contributed by atoms with Crippen LogP contribution in [0.1, 0.15) is 28.9 Å². The molecule has 5 nitrogen and oxygen atoms in total. The maximum absolute atomic E-state index is 13.0. The predicted molar refractivity (Wildman–Crippen MR) is 94.6 cm³/mol. The number of aromatic nitrogens is 1. The largest absolute Gasteiger partial charge is 0.497 e. The van der Waals surface area contributed by atoms with E-state index in [9.17, 15) is 4.79 Å². The number of amides is 1. The third-order valence-corrected chi connectivity index (χ3v) is 5.98. The molecule has 1 N–H and O–H groups in total. The molecule has 2 aromatic rings. The molecular weight excluding hydrogens is 322 g/mol. The zero-order valence-corrected chi connectivity index (χ0v) is 14.5. The highest BCUT2D eigenvalue weighted by atomic mass is 32.1. The van der Waals surface area contributed by atoms with E-state index in [-0.39, 0.29) is 5.91 Å². The van der Waals surface area contributed by atoms with E-state index in [1.807, 2.05) is 24.3 Å². The van der Waals surface area contributed by atoms with Crippen molar-refractivity contribution in [2.45, 2.75) is 31.3 Å². The molecule has 2 bridgehead atoms. The van der Waals surface area contributed by atoms with E-state index in [1.54, 1.807) is 13.3 Å². The molecule has 3 heterocycles. The maximum atomic E-state index is 13.0. The first-order chi connectivity index (χ1) is 11.8. The lowest BCUT2D eigenvalue weighted by Gasteiger charge is -2.27. The van der Waals surface area contributed by atoms with Gasteiger partial charge in [0.25, 0.3) is 5.91 Å². The zero-order valence-electron chi connectivity index (χ0n) is 13.7. The second-order valence-corrected chi connectivity index (χ2v) is 7.38. The highest BCUT2D eigenvalue weighted by Crippen LogP contribution is 2.32. The number of hydrogen-bond acceptors (Lipinski definition) is 5. The SMILES string of the molecule is COc1ccc(-c2ncc(C(=O)N3C4CCNCC3CC4)s2)cc1. The predicted octanol–water partition coefficient (Wildman–Crippen LogP) is 2.79. The van der Waals surface area contributed by atoms with Gasteiger partial charge in [0.1, 0.15) is 15.6 Å². The molecule has 2 atom stereocenters. The number of benzene rings is 1. The van der Waals surface area contributed by atoms with Gasteiger partial charge in [0.15, 0.2) is 0 Å². The van der Waals surface area contributed by atoms with Gasteiger partial charge >= 0.3 is 0 Å². The lowest BCUT2D eigenvalue weighted by Crippen LogP contribution is -2.42. The van der Waals surface area contributed by atoms with E-state index in [0.29, 0.717) is 12.1 Å². The summed E-state index contributed by atoms with van der Waals surface area (Å²) in [5.41, 5.74) is 1.01. The lowest BCUT2D eigenvalue weighted by molar-refractivity contribution is 0.0685. The fourth-order valence-corrected chi connectivity index (χ4v) is 4.55. The van der Waals surface area contributed by atoms with Crippen LogP contribution in [-0.4, -0.2) is 48.1 Å². The summed E-state index contributed by atoms with van der Waals surface area (Å²) in [4.78, 5) is 20.3.